The van der Waals surface area contributed by atoms with Crippen LogP contribution in [0.25, 0.3) is 0 Å². The van der Waals surface area contributed by atoms with E-state index in [1.54, 1.807) is 43.6 Å². The van der Waals surface area contributed by atoms with Gasteiger partial charge in [-0.05, 0) is 26.0 Å². The molecule has 0 aliphatic rings. The van der Waals surface area contributed by atoms with Gasteiger partial charge in [0.05, 0.1) is 0 Å². The van der Waals surface area contributed by atoms with Crippen molar-refractivity contribution in [3.05, 3.63) is 29.8 Å². The van der Waals surface area contributed by atoms with Gasteiger partial charge in [0.1, 0.15) is 0 Å². The lowest BCUT2D eigenvalue weighted by molar-refractivity contribution is -0.662. The fraction of sp³-hybridized carbons (Fsp3) is 0.357. The number of benzene rings is 1. The van der Waals surface area contributed by atoms with E-state index in [0.717, 1.165) is 0 Å². The molecule has 4 N–H and O–H groups in total. The number of amides is 2. The highest BCUT2D eigenvalue weighted by molar-refractivity contribution is 5.98. The molecule has 0 radical (unpaired) electrons. The van der Waals surface area contributed by atoms with E-state index in [1.165, 1.54) is 6.92 Å². The largest absolute Gasteiger partial charge is 0.354 e. The molecular formula is C14H20N3O3+. The zero-order valence-electron chi connectivity index (χ0n) is 11.9. The lowest BCUT2D eigenvalue weighted by Crippen LogP contribution is -2.93. The molecule has 0 saturated carbocycles. The van der Waals surface area contributed by atoms with Crippen molar-refractivity contribution in [1.29, 1.82) is 0 Å². The average Bonchev–Trinajstić information content (AvgIpc) is 2.44. The number of ketones is 1. The molecule has 0 aliphatic carbocycles. The Hall–Kier alpha value is -2.21. The van der Waals surface area contributed by atoms with Crippen molar-refractivity contribution in [1.82, 2.24) is 5.32 Å². The van der Waals surface area contributed by atoms with Crippen LogP contribution in [0.1, 0.15) is 24.2 Å². The number of anilines is 1. The fourth-order valence-corrected chi connectivity index (χ4v) is 1.56. The van der Waals surface area contributed by atoms with E-state index in [-0.39, 0.29) is 24.1 Å². The molecule has 108 valence electrons. The van der Waals surface area contributed by atoms with Crippen molar-refractivity contribution in [3.8, 4) is 0 Å². The summed E-state index contributed by atoms with van der Waals surface area (Å²) in [5.41, 5.74) is 1.12. The monoisotopic (exact) mass is 278 g/mol. The molecule has 0 aliphatic heterocycles. The van der Waals surface area contributed by atoms with Gasteiger partial charge in [-0.1, -0.05) is 12.1 Å². The molecule has 20 heavy (non-hydrogen) atoms. The molecular weight excluding hydrogens is 258 g/mol. The predicted octanol–water partition coefficient (Wildman–Crippen LogP) is -0.474. The summed E-state index contributed by atoms with van der Waals surface area (Å²) in [4.78, 5) is 34.3. The number of hydrogen-bond donors (Lipinski definition) is 3. The van der Waals surface area contributed by atoms with Crippen molar-refractivity contribution in [2.75, 3.05) is 18.9 Å². The Balaban J connectivity index is 2.59. The number of carbonyl (C=O) groups excluding carboxylic acids is 3. The van der Waals surface area contributed by atoms with Crippen molar-refractivity contribution >= 4 is 23.3 Å². The highest BCUT2D eigenvalue weighted by atomic mass is 16.2. The van der Waals surface area contributed by atoms with Gasteiger partial charge in [-0.15, -0.1) is 0 Å². The summed E-state index contributed by atoms with van der Waals surface area (Å²) in [5, 5.41) is 6.86. The van der Waals surface area contributed by atoms with Crippen LogP contribution in [0.3, 0.4) is 0 Å². The van der Waals surface area contributed by atoms with Gasteiger partial charge in [0.15, 0.2) is 18.4 Å². The summed E-state index contributed by atoms with van der Waals surface area (Å²) in [5.74, 6) is -0.404. The first-order valence-electron chi connectivity index (χ1n) is 6.39. The normalized spacial score (nSPS) is 11.6. The zero-order chi connectivity index (χ0) is 15.1. The van der Waals surface area contributed by atoms with E-state index in [1.807, 2.05) is 0 Å². The quantitative estimate of drug-likeness (QED) is 0.614. The van der Waals surface area contributed by atoms with Crippen LogP contribution in [-0.2, 0) is 9.59 Å². The Morgan fingerprint density at radius 3 is 2.60 bits per heavy atom. The van der Waals surface area contributed by atoms with Gasteiger partial charge in [0.2, 0.25) is 0 Å². The number of nitrogens with two attached hydrogens (primary N) is 1. The van der Waals surface area contributed by atoms with Gasteiger partial charge in [-0.3, -0.25) is 14.4 Å². The van der Waals surface area contributed by atoms with Crippen LogP contribution in [0.2, 0.25) is 0 Å². The average molecular weight is 278 g/mol. The first kappa shape index (κ1) is 15.8. The summed E-state index contributed by atoms with van der Waals surface area (Å²) in [7, 11) is 1.55. The molecule has 0 unspecified atom stereocenters. The second-order valence-corrected chi connectivity index (χ2v) is 4.53. The topological polar surface area (TPSA) is 91.9 Å². The van der Waals surface area contributed by atoms with E-state index >= 15 is 0 Å². The van der Waals surface area contributed by atoms with Gasteiger partial charge in [0, 0.05) is 18.3 Å². The third kappa shape index (κ3) is 4.81. The number of hydrogen-bond acceptors (Lipinski definition) is 3. The molecule has 0 aromatic heterocycles. The van der Waals surface area contributed by atoms with Crippen LogP contribution in [0.15, 0.2) is 24.3 Å². The molecule has 1 rings (SSSR count). The Morgan fingerprint density at radius 1 is 1.30 bits per heavy atom. The van der Waals surface area contributed by atoms with Gasteiger partial charge in [-0.2, -0.15) is 0 Å². The molecule has 0 fully saturated rings. The lowest BCUT2D eigenvalue weighted by atomic mass is 10.1. The van der Waals surface area contributed by atoms with Crippen LogP contribution in [-0.4, -0.2) is 37.2 Å². The van der Waals surface area contributed by atoms with Gasteiger partial charge >= 0.3 is 0 Å². The van der Waals surface area contributed by atoms with Crippen molar-refractivity contribution in [2.24, 2.45) is 0 Å². The first-order chi connectivity index (χ1) is 9.43. The van der Waals surface area contributed by atoms with E-state index < -0.39 is 6.04 Å². The molecule has 6 nitrogen and oxygen atoms in total. The molecule has 1 aromatic carbocycles. The zero-order valence-corrected chi connectivity index (χ0v) is 11.9. The smallest absolute Gasteiger partial charge is 0.282 e. The van der Waals surface area contributed by atoms with Crippen LogP contribution in [0, 0.1) is 0 Å². The fourth-order valence-electron chi connectivity index (χ4n) is 1.56. The Morgan fingerprint density at radius 2 is 2.00 bits per heavy atom. The molecule has 2 amide bonds. The number of likely N-dealkylation sites (N-methyl/N-ethyl adjacent to an activating group) is 1. The Kier molecular flexibility index (Phi) is 5.86. The summed E-state index contributed by atoms with van der Waals surface area (Å²) < 4.78 is 0. The van der Waals surface area contributed by atoms with Crippen LogP contribution in [0.4, 0.5) is 5.69 Å². The van der Waals surface area contributed by atoms with E-state index in [0.29, 0.717) is 11.3 Å². The highest BCUT2D eigenvalue weighted by Crippen LogP contribution is 2.11. The van der Waals surface area contributed by atoms with Crippen LogP contribution >= 0.6 is 0 Å². The van der Waals surface area contributed by atoms with Gasteiger partial charge in [0.25, 0.3) is 11.8 Å². The first-order valence-corrected chi connectivity index (χ1v) is 6.39. The minimum atomic E-state index is -0.395. The SMILES string of the molecule is CNC(=O)C[NH2+][C@H](C)C(=O)Nc1cccc(C(C)=O)c1. The standard InChI is InChI=1S/C14H19N3O3/c1-9(16-8-13(19)15-3)14(20)17-12-6-4-5-11(7-12)10(2)18/h4-7,9,16H,8H2,1-3H3,(H,15,19)(H,17,20)/p+1/t9-/m1/s1. The van der Waals surface area contributed by atoms with Crippen molar-refractivity contribution in [2.45, 2.75) is 19.9 Å². The number of carbonyl (C=O) groups is 3. The molecule has 0 heterocycles. The third-order valence-corrected chi connectivity index (χ3v) is 2.89. The Labute approximate surface area is 117 Å². The maximum absolute atomic E-state index is 11.9. The highest BCUT2D eigenvalue weighted by Gasteiger charge is 2.17. The van der Waals surface area contributed by atoms with E-state index in [4.69, 9.17) is 0 Å². The second kappa shape index (κ2) is 7.40. The van der Waals surface area contributed by atoms with E-state index in [2.05, 4.69) is 10.6 Å². The minimum absolute atomic E-state index is 0.0553. The van der Waals surface area contributed by atoms with Crippen LogP contribution < -0.4 is 16.0 Å². The summed E-state index contributed by atoms with van der Waals surface area (Å²) in [6.45, 7) is 3.38. The van der Waals surface area contributed by atoms with Crippen molar-refractivity contribution in [3.63, 3.8) is 0 Å². The number of rotatable bonds is 6. The third-order valence-electron chi connectivity index (χ3n) is 2.89. The summed E-state index contributed by atoms with van der Waals surface area (Å²) >= 11 is 0. The summed E-state index contributed by atoms with van der Waals surface area (Å²) in [6.07, 6.45) is 0. The summed E-state index contributed by atoms with van der Waals surface area (Å²) in [6, 6.07) is 6.36. The number of quaternary nitrogens is 1. The lowest BCUT2D eigenvalue weighted by Gasteiger charge is -2.11. The molecule has 1 aromatic rings. The van der Waals surface area contributed by atoms with Crippen molar-refractivity contribution < 1.29 is 19.7 Å². The predicted molar refractivity (Wildman–Crippen MR) is 75.4 cm³/mol. The maximum Gasteiger partial charge on any atom is 0.282 e. The van der Waals surface area contributed by atoms with E-state index in [9.17, 15) is 14.4 Å². The maximum atomic E-state index is 11.9. The molecule has 0 bridgehead atoms. The molecule has 6 heteroatoms. The molecule has 0 spiro atoms. The van der Waals surface area contributed by atoms with Crippen LogP contribution in [0.5, 0.6) is 0 Å². The van der Waals surface area contributed by atoms with Gasteiger partial charge in [-0.25, -0.2) is 0 Å². The molecule has 0 saturated heterocycles. The number of Topliss-reactive ketones (excluding diaryl/α,β-unsaturated/α-hetero) is 1. The molecule has 1 atom stereocenters. The number of nitrogens with one attached hydrogen (secondary N) is 2. The minimum Gasteiger partial charge on any atom is -0.354 e. The Bertz CT molecular complexity index is 514. The second-order valence-electron chi connectivity index (χ2n) is 4.53. The van der Waals surface area contributed by atoms with Gasteiger partial charge < -0.3 is 16.0 Å².